The van der Waals surface area contributed by atoms with Crippen LogP contribution in [0.2, 0.25) is 0 Å². The molecule has 0 aliphatic carbocycles. The summed E-state index contributed by atoms with van der Waals surface area (Å²) in [7, 11) is 6.02. The fourth-order valence-corrected chi connectivity index (χ4v) is 4.59. The lowest BCUT2D eigenvalue weighted by Crippen LogP contribution is -2.48. The summed E-state index contributed by atoms with van der Waals surface area (Å²) in [5, 5.41) is 38.5. The van der Waals surface area contributed by atoms with Gasteiger partial charge in [0, 0.05) is 59.1 Å². The summed E-state index contributed by atoms with van der Waals surface area (Å²) in [5.41, 5.74) is -0.424. The van der Waals surface area contributed by atoms with Gasteiger partial charge in [0.1, 0.15) is 12.3 Å². The van der Waals surface area contributed by atoms with Crippen LogP contribution in [0, 0.1) is 5.92 Å². The quantitative estimate of drug-likeness (QED) is 0.0343. The summed E-state index contributed by atoms with van der Waals surface area (Å²) >= 11 is 0. The fraction of sp³-hybridized carbons (Fsp3) is 0.829. The zero-order chi connectivity index (χ0) is 40.9. The van der Waals surface area contributed by atoms with Gasteiger partial charge < -0.3 is 49.5 Å². The van der Waals surface area contributed by atoms with E-state index in [1.807, 2.05) is 13.8 Å². The third-order valence-electron chi connectivity index (χ3n) is 7.64. The first-order valence-corrected chi connectivity index (χ1v) is 18.3. The number of rotatable bonds is 34. The molecule has 0 bridgehead atoms. The Morgan fingerprint density at radius 2 is 1.21 bits per heavy atom. The number of carboxylic acid groups (broad SMARTS) is 3. The Morgan fingerprint density at radius 1 is 0.717 bits per heavy atom. The molecular formula is C35H67BN4O13. The van der Waals surface area contributed by atoms with E-state index < -0.39 is 29.6 Å². The molecule has 308 valence electrons. The standard InChI is InChI=1S/C31H57BN4O11.C3H6O.CH4O/c1-4-11-36(16-15-35(24-30(41)42)14-13-34(23-29(39)40)12-8-25(3)5-2)26(31(43)44)6-7-28(38)33-10-18-46-20-22-47-21-19-45-17-9-27(32)37;1-2-3-4;1-2/h25-26H,4-24H2,1-3H3,(H,33,38)(H,39,40)(H,41,42)(H,43,44);3H,2H2,1H3;2H,1H3. The van der Waals surface area contributed by atoms with Crippen LogP contribution in [0.25, 0.3) is 0 Å². The van der Waals surface area contributed by atoms with E-state index in [4.69, 9.17) is 27.2 Å². The molecule has 53 heavy (non-hydrogen) atoms. The number of carboxylic acids is 3. The molecule has 0 fully saturated rings. The highest BCUT2D eigenvalue weighted by molar-refractivity contribution is 6.57. The van der Waals surface area contributed by atoms with E-state index in [2.05, 4.69) is 19.2 Å². The average Bonchev–Trinajstić information content (AvgIpc) is 3.11. The second-order valence-electron chi connectivity index (χ2n) is 12.0. The highest BCUT2D eigenvalue weighted by Gasteiger charge is 2.26. The lowest BCUT2D eigenvalue weighted by atomic mass is 10.0. The number of amides is 1. The van der Waals surface area contributed by atoms with E-state index in [1.54, 1.807) is 14.7 Å². The molecule has 0 spiro atoms. The number of aldehydes is 1. The number of aliphatic hydroxyl groups is 1. The van der Waals surface area contributed by atoms with Gasteiger partial charge in [0.05, 0.1) is 58.4 Å². The van der Waals surface area contributed by atoms with Crippen molar-refractivity contribution < 1.29 is 63.4 Å². The third kappa shape index (κ3) is 37.1. The van der Waals surface area contributed by atoms with Crippen molar-refractivity contribution >= 4 is 43.6 Å². The molecule has 1 amide bonds. The minimum atomic E-state index is -1.06. The summed E-state index contributed by atoms with van der Waals surface area (Å²) < 4.78 is 15.9. The molecule has 2 radical (unpaired) electrons. The van der Waals surface area contributed by atoms with Crippen LogP contribution in [0.3, 0.4) is 0 Å². The maximum absolute atomic E-state index is 12.4. The molecule has 2 unspecified atom stereocenters. The zero-order valence-corrected chi connectivity index (χ0v) is 32.7. The first-order valence-electron chi connectivity index (χ1n) is 18.3. The lowest BCUT2D eigenvalue weighted by molar-refractivity contribution is -0.144. The van der Waals surface area contributed by atoms with Gasteiger partial charge in [-0.2, -0.15) is 0 Å². The number of nitrogens with zero attached hydrogens (tertiary/aromatic N) is 3. The van der Waals surface area contributed by atoms with E-state index in [-0.39, 0.29) is 71.1 Å². The molecule has 17 nitrogen and oxygen atoms in total. The van der Waals surface area contributed by atoms with Crippen LogP contribution in [0.4, 0.5) is 0 Å². The van der Waals surface area contributed by atoms with E-state index in [9.17, 15) is 44.1 Å². The van der Waals surface area contributed by atoms with Crippen molar-refractivity contribution in [3.8, 4) is 0 Å². The van der Waals surface area contributed by atoms with Gasteiger partial charge in [-0.15, -0.1) is 0 Å². The van der Waals surface area contributed by atoms with Gasteiger partial charge in [-0.1, -0.05) is 34.1 Å². The van der Waals surface area contributed by atoms with Crippen molar-refractivity contribution in [1.82, 2.24) is 20.0 Å². The van der Waals surface area contributed by atoms with Crippen molar-refractivity contribution in [2.75, 3.05) is 106 Å². The Morgan fingerprint density at radius 3 is 1.66 bits per heavy atom. The molecule has 2 atom stereocenters. The van der Waals surface area contributed by atoms with Crippen molar-refractivity contribution in [2.45, 2.75) is 78.7 Å². The molecule has 0 aromatic rings. The summed E-state index contributed by atoms with van der Waals surface area (Å²) in [6.45, 7) is 11.9. The molecule has 0 heterocycles. The minimum Gasteiger partial charge on any atom is -0.480 e. The van der Waals surface area contributed by atoms with E-state index >= 15 is 0 Å². The molecule has 18 heteroatoms. The smallest absolute Gasteiger partial charge is 0.320 e. The van der Waals surface area contributed by atoms with Crippen LogP contribution in [-0.4, -0.2) is 190 Å². The maximum atomic E-state index is 12.4. The molecule has 0 aromatic heterocycles. The highest BCUT2D eigenvalue weighted by atomic mass is 16.5. The van der Waals surface area contributed by atoms with Crippen LogP contribution < -0.4 is 5.32 Å². The normalized spacial score (nSPS) is 11.9. The Bertz CT molecular complexity index is 965. The van der Waals surface area contributed by atoms with Crippen LogP contribution in [0.1, 0.15) is 72.6 Å². The zero-order valence-electron chi connectivity index (χ0n) is 32.7. The molecule has 0 aliphatic rings. The van der Waals surface area contributed by atoms with Crippen molar-refractivity contribution in [2.24, 2.45) is 5.92 Å². The number of aliphatic hydroxyl groups excluding tert-OH is 1. The van der Waals surface area contributed by atoms with Gasteiger partial charge in [0.25, 0.3) is 0 Å². The first kappa shape index (κ1) is 54.4. The van der Waals surface area contributed by atoms with Crippen LogP contribution in [-0.2, 0) is 43.0 Å². The third-order valence-corrected chi connectivity index (χ3v) is 7.64. The van der Waals surface area contributed by atoms with E-state index in [0.717, 1.165) is 26.2 Å². The van der Waals surface area contributed by atoms with Gasteiger partial charge in [-0.25, -0.2) is 0 Å². The molecule has 0 rings (SSSR count). The van der Waals surface area contributed by atoms with Crippen LogP contribution in [0.5, 0.6) is 0 Å². The fourth-order valence-electron chi connectivity index (χ4n) is 4.59. The van der Waals surface area contributed by atoms with Gasteiger partial charge in [-0.3, -0.25) is 33.9 Å². The summed E-state index contributed by atoms with van der Waals surface area (Å²) in [4.78, 5) is 72.6. The average molecular weight is 763 g/mol. The monoisotopic (exact) mass is 762 g/mol. The van der Waals surface area contributed by atoms with Crippen LogP contribution in [0.15, 0.2) is 0 Å². The SMILES string of the molecule is CCC=O.CO.[B]C(=O)CCOCCOCCOCCNC(=O)CCC(C(=O)O)N(CCC)CCN(CCN(CCC(C)CC)CC(=O)O)CC(=O)O. The number of hydrogen-bond acceptors (Lipinski definition) is 13. The summed E-state index contributed by atoms with van der Waals surface area (Å²) in [5.74, 6) is -2.89. The molecule has 5 N–H and O–H groups in total. The molecule has 0 aliphatic heterocycles. The number of carbonyl (C=O) groups excluding carboxylic acids is 3. The van der Waals surface area contributed by atoms with Crippen molar-refractivity contribution in [3.63, 3.8) is 0 Å². The van der Waals surface area contributed by atoms with Crippen LogP contribution >= 0.6 is 0 Å². The maximum Gasteiger partial charge on any atom is 0.320 e. The molecular weight excluding hydrogens is 695 g/mol. The van der Waals surface area contributed by atoms with Crippen molar-refractivity contribution in [3.05, 3.63) is 0 Å². The molecule has 0 aromatic carbocycles. The van der Waals surface area contributed by atoms with E-state index in [0.29, 0.717) is 71.4 Å². The van der Waals surface area contributed by atoms with Gasteiger partial charge >= 0.3 is 17.9 Å². The number of carbonyl (C=O) groups is 6. The predicted octanol–water partition coefficient (Wildman–Crippen LogP) is 0.596. The molecule has 0 saturated heterocycles. The summed E-state index contributed by atoms with van der Waals surface area (Å²) in [6.07, 6.45) is 4.24. The van der Waals surface area contributed by atoms with Gasteiger partial charge in [-0.05, 0) is 38.3 Å². The van der Waals surface area contributed by atoms with E-state index in [1.165, 1.54) is 0 Å². The number of nitrogens with one attached hydrogen (secondary N) is 1. The first-order chi connectivity index (χ1) is 25.3. The van der Waals surface area contributed by atoms with Gasteiger partial charge in [0.2, 0.25) is 5.91 Å². The topological polar surface area (TPSA) is 233 Å². The van der Waals surface area contributed by atoms with Gasteiger partial charge in [0.15, 0.2) is 7.85 Å². The summed E-state index contributed by atoms with van der Waals surface area (Å²) in [6, 6.07) is -0.931. The molecule has 0 saturated carbocycles. The van der Waals surface area contributed by atoms with Crippen molar-refractivity contribution in [1.29, 1.82) is 0 Å². The minimum absolute atomic E-state index is 0.00475. The second-order valence-corrected chi connectivity index (χ2v) is 12.0. The highest BCUT2D eigenvalue weighted by Crippen LogP contribution is 2.11. The predicted molar refractivity (Wildman–Crippen MR) is 200 cm³/mol. The largest absolute Gasteiger partial charge is 0.480 e. The number of hydrogen-bond donors (Lipinski definition) is 5. The lowest BCUT2D eigenvalue weighted by Gasteiger charge is -2.32. The number of aliphatic carboxylic acids is 3. The Labute approximate surface area is 317 Å². The Balaban J connectivity index is -0.00000387. The Kier molecular flexibility index (Phi) is 39.7. The second kappa shape index (κ2) is 38.7. The Hall–Kier alpha value is -3.00. The number of ether oxygens (including phenoxy) is 3.